The first-order chi connectivity index (χ1) is 17.2. The van der Waals surface area contributed by atoms with Crippen LogP contribution in [0.5, 0.6) is 17.2 Å². The van der Waals surface area contributed by atoms with Gasteiger partial charge in [0.1, 0.15) is 23.4 Å². The van der Waals surface area contributed by atoms with E-state index in [1.165, 1.54) is 12.1 Å². The summed E-state index contributed by atoms with van der Waals surface area (Å²) in [4.78, 5) is 24.0. The molecule has 4 N–H and O–H groups in total. The van der Waals surface area contributed by atoms with E-state index >= 15 is 0 Å². The highest BCUT2D eigenvalue weighted by molar-refractivity contribution is 5.93. The molecule has 3 aromatic rings. The van der Waals surface area contributed by atoms with Gasteiger partial charge in [0.2, 0.25) is 5.91 Å². The Morgan fingerprint density at radius 2 is 1.78 bits per heavy atom. The second kappa shape index (κ2) is 10.6. The third kappa shape index (κ3) is 6.25. The second-order valence-corrected chi connectivity index (χ2v) is 7.90. The number of halogens is 3. The molecule has 11 heteroatoms. The zero-order chi connectivity index (χ0) is 25.7. The lowest BCUT2D eigenvalue weighted by atomic mass is 10.1. The number of carbonyl (C=O) groups excluding carboxylic acids is 2. The molecule has 0 aliphatic carbocycles. The predicted molar refractivity (Wildman–Crippen MR) is 124 cm³/mol. The normalized spacial score (nSPS) is 13.4. The van der Waals surface area contributed by atoms with Gasteiger partial charge in [-0.3, -0.25) is 4.79 Å². The summed E-state index contributed by atoms with van der Waals surface area (Å²) in [5.41, 5.74) is 5.12. The predicted octanol–water partition coefficient (Wildman–Crippen LogP) is 4.70. The average molecular weight is 501 g/mol. The number of hydrogen-bond acceptors (Lipinski definition) is 5. The van der Waals surface area contributed by atoms with Crippen LogP contribution in [0.15, 0.2) is 66.7 Å². The van der Waals surface area contributed by atoms with Crippen molar-refractivity contribution in [1.29, 1.82) is 0 Å². The molecule has 1 saturated heterocycles. The van der Waals surface area contributed by atoms with E-state index in [9.17, 15) is 22.8 Å². The monoisotopic (exact) mass is 501 g/mol. The topological polar surface area (TPSA) is 112 Å². The number of alkyl halides is 3. The molecular weight excluding hydrogens is 479 g/mol. The highest BCUT2D eigenvalue weighted by Gasteiger charge is 2.32. The Kier molecular flexibility index (Phi) is 7.30. The zero-order valence-electron chi connectivity index (χ0n) is 18.8. The Morgan fingerprint density at radius 1 is 1.00 bits per heavy atom. The lowest BCUT2D eigenvalue weighted by Gasteiger charge is -2.28. The maximum Gasteiger partial charge on any atom is 0.416 e. The smallest absolute Gasteiger partial charge is 0.416 e. The van der Waals surface area contributed by atoms with E-state index < -0.39 is 23.7 Å². The summed E-state index contributed by atoms with van der Waals surface area (Å²) >= 11 is 0. The Morgan fingerprint density at radius 3 is 2.47 bits per heavy atom. The lowest BCUT2D eigenvalue weighted by Crippen LogP contribution is -2.39. The first-order valence-corrected chi connectivity index (χ1v) is 10.8. The minimum absolute atomic E-state index is 0.00311. The second-order valence-electron chi connectivity index (χ2n) is 7.90. The molecule has 0 spiro atoms. The molecule has 8 nitrogen and oxygen atoms in total. The number of nitrogens with one attached hydrogen (secondary N) is 2. The molecular formula is C25H22F3N3O5. The summed E-state index contributed by atoms with van der Waals surface area (Å²) in [5, 5.41) is 5.03. The van der Waals surface area contributed by atoms with Crippen LogP contribution in [-0.2, 0) is 17.5 Å². The van der Waals surface area contributed by atoms with Gasteiger partial charge >= 0.3 is 12.2 Å². The third-order valence-corrected chi connectivity index (χ3v) is 5.21. The number of para-hydroxylation sites is 1. The highest BCUT2D eigenvalue weighted by atomic mass is 19.4. The first kappa shape index (κ1) is 24.9. The number of benzene rings is 3. The molecule has 0 bridgehead atoms. The van der Waals surface area contributed by atoms with E-state index in [4.69, 9.17) is 19.9 Å². The van der Waals surface area contributed by atoms with Crippen molar-refractivity contribution < 1.29 is 37.0 Å². The van der Waals surface area contributed by atoms with E-state index in [-0.39, 0.29) is 29.6 Å². The van der Waals surface area contributed by atoms with Crippen LogP contribution in [0.2, 0.25) is 0 Å². The molecule has 0 unspecified atom stereocenters. The van der Waals surface area contributed by atoms with Crippen molar-refractivity contribution in [3.63, 3.8) is 0 Å². The number of primary amides is 1. The molecule has 0 atom stereocenters. The molecule has 188 valence electrons. The van der Waals surface area contributed by atoms with Crippen LogP contribution in [0, 0.1) is 0 Å². The van der Waals surface area contributed by atoms with Gasteiger partial charge in [-0.1, -0.05) is 24.3 Å². The Bertz CT molecular complexity index is 1260. The van der Waals surface area contributed by atoms with Crippen LogP contribution in [0.25, 0.3) is 0 Å². The molecule has 4 rings (SSSR count). The summed E-state index contributed by atoms with van der Waals surface area (Å²) in [5.74, 6) is 0.279. The molecule has 36 heavy (non-hydrogen) atoms. The number of urea groups is 1. The van der Waals surface area contributed by atoms with Gasteiger partial charge in [-0.25, -0.2) is 4.79 Å². The van der Waals surface area contributed by atoms with Gasteiger partial charge in [-0.05, 0) is 42.5 Å². The quantitative estimate of drug-likeness (QED) is 0.415. The number of ether oxygens (including phenoxy) is 3. The maximum absolute atomic E-state index is 13.2. The minimum atomic E-state index is -4.59. The van der Waals surface area contributed by atoms with Crippen molar-refractivity contribution in [2.24, 2.45) is 5.73 Å². The Labute approximate surface area is 204 Å². The molecule has 3 aromatic carbocycles. The van der Waals surface area contributed by atoms with Crippen LogP contribution in [0.3, 0.4) is 0 Å². The molecule has 1 heterocycles. The number of nitrogens with two attached hydrogens (primary N) is 1. The fraction of sp³-hybridized carbons (Fsp3) is 0.200. The van der Waals surface area contributed by atoms with Gasteiger partial charge in [0.25, 0.3) is 0 Å². The molecule has 0 saturated carbocycles. The molecule has 0 radical (unpaired) electrons. The van der Waals surface area contributed by atoms with E-state index in [1.807, 2.05) is 0 Å². The third-order valence-electron chi connectivity index (χ3n) is 5.21. The highest BCUT2D eigenvalue weighted by Crippen LogP contribution is 2.36. The summed E-state index contributed by atoms with van der Waals surface area (Å²) < 4.78 is 56.1. The van der Waals surface area contributed by atoms with Gasteiger partial charge in [-0.2, -0.15) is 13.2 Å². The minimum Gasteiger partial charge on any atom is -0.483 e. The summed E-state index contributed by atoms with van der Waals surface area (Å²) in [6.07, 6.45) is -4.89. The fourth-order valence-electron chi connectivity index (χ4n) is 3.30. The van der Waals surface area contributed by atoms with Gasteiger partial charge < -0.3 is 30.6 Å². The van der Waals surface area contributed by atoms with E-state index in [1.54, 1.807) is 42.5 Å². The lowest BCUT2D eigenvalue weighted by molar-refractivity contribution is -0.137. The molecule has 3 amide bonds. The number of amides is 3. The SMILES string of the molecule is NC(=O)c1cccc(Oc2ccccc2CNC(=O)Nc2cc(C(F)(F)F)ccc2OC2COC2)c1. The largest absolute Gasteiger partial charge is 0.483 e. The molecule has 1 fully saturated rings. The van der Waals surface area contributed by atoms with Crippen molar-refractivity contribution in [2.75, 3.05) is 18.5 Å². The number of rotatable bonds is 8. The van der Waals surface area contributed by atoms with Crippen LogP contribution < -0.4 is 25.8 Å². The van der Waals surface area contributed by atoms with Crippen LogP contribution in [0.4, 0.5) is 23.7 Å². The summed E-state index contributed by atoms with van der Waals surface area (Å²) in [6, 6.07) is 15.3. The Balaban J connectivity index is 1.45. The van der Waals surface area contributed by atoms with Crippen LogP contribution in [-0.4, -0.2) is 31.3 Å². The first-order valence-electron chi connectivity index (χ1n) is 10.8. The van der Waals surface area contributed by atoms with Crippen molar-refractivity contribution in [3.05, 3.63) is 83.4 Å². The van der Waals surface area contributed by atoms with Gasteiger partial charge in [0.15, 0.2) is 0 Å². The number of hydrogen-bond donors (Lipinski definition) is 3. The maximum atomic E-state index is 13.2. The van der Waals surface area contributed by atoms with Crippen LogP contribution >= 0.6 is 0 Å². The van der Waals surface area contributed by atoms with Crippen molar-refractivity contribution in [2.45, 2.75) is 18.8 Å². The van der Waals surface area contributed by atoms with Gasteiger partial charge in [0.05, 0.1) is 24.5 Å². The van der Waals surface area contributed by atoms with Crippen molar-refractivity contribution >= 4 is 17.6 Å². The molecule has 0 aromatic heterocycles. The molecule has 1 aliphatic rings. The van der Waals surface area contributed by atoms with Crippen molar-refractivity contribution in [1.82, 2.24) is 5.32 Å². The average Bonchev–Trinajstić information content (AvgIpc) is 2.81. The zero-order valence-corrected chi connectivity index (χ0v) is 18.8. The number of carbonyl (C=O) groups is 2. The van der Waals surface area contributed by atoms with E-state index in [0.717, 1.165) is 12.1 Å². The van der Waals surface area contributed by atoms with Crippen molar-refractivity contribution in [3.8, 4) is 17.2 Å². The molecule has 1 aliphatic heterocycles. The summed E-state index contributed by atoms with van der Waals surface area (Å²) in [7, 11) is 0. The van der Waals surface area contributed by atoms with Gasteiger partial charge in [0, 0.05) is 17.7 Å². The Hall–Kier alpha value is -4.25. The van der Waals surface area contributed by atoms with Gasteiger partial charge in [-0.15, -0.1) is 0 Å². The van der Waals surface area contributed by atoms with Crippen LogP contribution in [0.1, 0.15) is 21.5 Å². The summed E-state index contributed by atoms with van der Waals surface area (Å²) in [6.45, 7) is 0.626. The standard InChI is InChI=1S/C25H22F3N3O5/c26-25(27,28)17-8-9-22(36-19-13-34-14-19)20(11-17)31-24(33)30-12-16-4-1-2-7-21(16)35-18-6-3-5-15(10-18)23(29)32/h1-11,19H,12-14H2,(H2,29,32)(H2,30,31,33). The number of anilines is 1. The van der Waals surface area contributed by atoms with E-state index in [2.05, 4.69) is 10.6 Å². The van der Waals surface area contributed by atoms with E-state index in [0.29, 0.717) is 30.3 Å². The fourth-order valence-corrected chi connectivity index (χ4v) is 3.30.